The third kappa shape index (κ3) is 3.63. The Labute approximate surface area is 102 Å². The first-order valence-electron chi connectivity index (χ1n) is 5.42. The molecule has 3 atom stereocenters. The minimum Gasteiger partial charge on any atom is -0.353 e. The van der Waals surface area contributed by atoms with E-state index in [9.17, 15) is 13.2 Å². The topological polar surface area (TPSA) is 63.2 Å². The van der Waals surface area contributed by atoms with E-state index in [4.69, 9.17) is 11.6 Å². The summed E-state index contributed by atoms with van der Waals surface area (Å²) in [6.45, 7) is 3.83. The molecule has 16 heavy (non-hydrogen) atoms. The molecule has 0 aromatic carbocycles. The fourth-order valence-electron chi connectivity index (χ4n) is 1.62. The van der Waals surface area contributed by atoms with Gasteiger partial charge in [-0.05, 0) is 19.3 Å². The van der Waals surface area contributed by atoms with Gasteiger partial charge < -0.3 is 5.32 Å². The number of carbonyl (C=O) groups excluding carboxylic acids is 1. The normalized spacial score (nSPS) is 27.3. The second kappa shape index (κ2) is 5.36. The van der Waals surface area contributed by atoms with Gasteiger partial charge in [0.15, 0.2) is 9.84 Å². The van der Waals surface area contributed by atoms with Gasteiger partial charge in [-0.1, -0.05) is 6.92 Å². The number of hydrogen-bond acceptors (Lipinski definition) is 3. The van der Waals surface area contributed by atoms with Crippen LogP contribution in [-0.4, -0.2) is 37.8 Å². The van der Waals surface area contributed by atoms with E-state index in [1.807, 2.05) is 13.8 Å². The van der Waals surface area contributed by atoms with Crippen LogP contribution in [0.4, 0.5) is 0 Å². The molecule has 1 heterocycles. The van der Waals surface area contributed by atoms with Crippen molar-refractivity contribution in [1.82, 2.24) is 5.32 Å². The fraction of sp³-hybridized carbons (Fsp3) is 0.900. The zero-order valence-electron chi connectivity index (χ0n) is 9.57. The second-order valence-electron chi connectivity index (χ2n) is 4.53. The number of rotatable bonds is 4. The van der Waals surface area contributed by atoms with Crippen LogP contribution >= 0.6 is 11.6 Å². The molecule has 0 radical (unpaired) electrons. The van der Waals surface area contributed by atoms with Crippen LogP contribution in [-0.2, 0) is 14.6 Å². The maximum Gasteiger partial charge on any atom is 0.224 e. The summed E-state index contributed by atoms with van der Waals surface area (Å²) in [5.41, 5.74) is 0. The van der Waals surface area contributed by atoms with Gasteiger partial charge in [0.05, 0.1) is 17.4 Å². The summed E-state index contributed by atoms with van der Waals surface area (Å²) in [4.78, 5) is 11.7. The standard InChI is InChI=1S/C10H18ClNO3S/c1-7(5-11)8(2)12-10(13)9-3-4-16(14,15)6-9/h7-9H,3-6H2,1-2H3,(H,12,13). The molecule has 0 aromatic heterocycles. The Balaban J connectivity index is 2.48. The van der Waals surface area contributed by atoms with Gasteiger partial charge >= 0.3 is 0 Å². The average molecular weight is 268 g/mol. The predicted octanol–water partition coefficient (Wildman–Crippen LogP) is 0.801. The predicted molar refractivity (Wildman–Crippen MR) is 64.2 cm³/mol. The van der Waals surface area contributed by atoms with Gasteiger partial charge in [0.2, 0.25) is 5.91 Å². The zero-order chi connectivity index (χ0) is 12.3. The van der Waals surface area contributed by atoms with Crippen LogP contribution in [0.1, 0.15) is 20.3 Å². The van der Waals surface area contributed by atoms with Crippen LogP contribution in [0.3, 0.4) is 0 Å². The van der Waals surface area contributed by atoms with Crippen LogP contribution in [0.15, 0.2) is 0 Å². The second-order valence-corrected chi connectivity index (χ2v) is 7.07. The first-order valence-corrected chi connectivity index (χ1v) is 7.78. The molecule has 1 saturated heterocycles. The highest BCUT2D eigenvalue weighted by molar-refractivity contribution is 7.91. The number of alkyl halides is 1. The molecule has 3 unspecified atom stereocenters. The van der Waals surface area contributed by atoms with Crippen LogP contribution in [0.25, 0.3) is 0 Å². The highest BCUT2D eigenvalue weighted by atomic mass is 35.5. The van der Waals surface area contributed by atoms with Crippen LogP contribution in [0.5, 0.6) is 0 Å². The molecule has 94 valence electrons. The van der Waals surface area contributed by atoms with Crippen molar-refractivity contribution in [1.29, 1.82) is 0 Å². The first kappa shape index (κ1) is 13.8. The maximum atomic E-state index is 11.7. The SMILES string of the molecule is CC(CCl)C(C)NC(=O)C1CCS(=O)(=O)C1. The van der Waals surface area contributed by atoms with Crippen molar-refractivity contribution < 1.29 is 13.2 Å². The van der Waals surface area contributed by atoms with Crippen LogP contribution in [0, 0.1) is 11.8 Å². The van der Waals surface area contributed by atoms with Crippen molar-refractivity contribution in [2.45, 2.75) is 26.3 Å². The maximum absolute atomic E-state index is 11.7. The van der Waals surface area contributed by atoms with Crippen LogP contribution < -0.4 is 5.32 Å². The molecular formula is C10H18ClNO3S. The molecule has 1 N–H and O–H groups in total. The Morgan fingerprint density at radius 3 is 2.56 bits per heavy atom. The summed E-state index contributed by atoms with van der Waals surface area (Å²) in [6.07, 6.45) is 0.441. The summed E-state index contributed by atoms with van der Waals surface area (Å²) in [6, 6.07) is -0.0201. The lowest BCUT2D eigenvalue weighted by Crippen LogP contribution is -2.41. The molecule has 1 fully saturated rings. The Hall–Kier alpha value is -0.290. The molecule has 0 saturated carbocycles. The van der Waals surface area contributed by atoms with Crippen molar-refractivity contribution in [3.05, 3.63) is 0 Å². The Morgan fingerprint density at radius 1 is 1.50 bits per heavy atom. The highest BCUT2D eigenvalue weighted by Gasteiger charge is 2.33. The summed E-state index contributed by atoms with van der Waals surface area (Å²) >= 11 is 5.69. The van der Waals surface area contributed by atoms with Crippen molar-refractivity contribution in [2.24, 2.45) is 11.8 Å². The third-order valence-corrected chi connectivity index (χ3v) is 5.32. The molecule has 0 aromatic rings. The molecule has 1 aliphatic rings. The van der Waals surface area contributed by atoms with E-state index in [-0.39, 0.29) is 35.3 Å². The lowest BCUT2D eigenvalue weighted by Gasteiger charge is -2.20. The summed E-state index contributed by atoms with van der Waals surface area (Å²) in [7, 11) is -2.99. The number of hydrogen-bond donors (Lipinski definition) is 1. The van der Waals surface area contributed by atoms with Crippen molar-refractivity contribution >= 4 is 27.3 Å². The fourth-order valence-corrected chi connectivity index (χ4v) is 3.63. The minimum absolute atomic E-state index is 0.0131. The van der Waals surface area contributed by atoms with E-state index in [0.29, 0.717) is 12.3 Å². The van der Waals surface area contributed by atoms with Crippen molar-refractivity contribution in [3.8, 4) is 0 Å². The van der Waals surface area contributed by atoms with E-state index < -0.39 is 9.84 Å². The van der Waals surface area contributed by atoms with Gasteiger partial charge in [-0.2, -0.15) is 0 Å². The summed E-state index contributed by atoms with van der Waals surface area (Å²) < 4.78 is 22.4. The van der Waals surface area contributed by atoms with Gasteiger partial charge in [-0.15, -0.1) is 11.6 Å². The summed E-state index contributed by atoms with van der Waals surface area (Å²) in [5, 5.41) is 2.82. The number of halogens is 1. The molecule has 1 rings (SSSR count). The average Bonchev–Trinajstić information content (AvgIpc) is 2.57. The molecule has 0 spiro atoms. The largest absolute Gasteiger partial charge is 0.353 e. The Kier molecular flexibility index (Phi) is 4.62. The minimum atomic E-state index is -2.99. The monoisotopic (exact) mass is 267 g/mol. The molecule has 0 bridgehead atoms. The first-order chi connectivity index (χ1) is 7.35. The van der Waals surface area contributed by atoms with Gasteiger partial charge in [-0.3, -0.25) is 4.79 Å². The smallest absolute Gasteiger partial charge is 0.224 e. The quantitative estimate of drug-likeness (QED) is 0.767. The zero-order valence-corrected chi connectivity index (χ0v) is 11.1. The van der Waals surface area contributed by atoms with E-state index in [1.54, 1.807) is 0 Å². The Bertz CT molecular complexity index is 355. The summed E-state index contributed by atoms with van der Waals surface area (Å²) in [5.74, 6) is 0.236. The van der Waals surface area contributed by atoms with Crippen LogP contribution in [0.2, 0.25) is 0 Å². The van der Waals surface area contributed by atoms with Crippen molar-refractivity contribution in [2.75, 3.05) is 17.4 Å². The van der Waals surface area contributed by atoms with Crippen molar-refractivity contribution in [3.63, 3.8) is 0 Å². The van der Waals surface area contributed by atoms with E-state index in [1.165, 1.54) is 0 Å². The molecule has 1 aliphatic heterocycles. The van der Waals surface area contributed by atoms with E-state index in [0.717, 1.165) is 0 Å². The molecule has 6 heteroatoms. The lowest BCUT2D eigenvalue weighted by molar-refractivity contribution is -0.125. The van der Waals surface area contributed by atoms with Gasteiger partial charge in [0.25, 0.3) is 0 Å². The number of nitrogens with one attached hydrogen (secondary N) is 1. The van der Waals surface area contributed by atoms with Gasteiger partial charge in [-0.25, -0.2) is 8.42 Å². The van der Waals surface area contributed by atoms with Gasteiger partial charge in [0.1, 0.15) is 0 Å². The van der Waals surface area contributed by atoms with E-state index in [2.05, 4.69) is 5.32 Å². The highest BCUT2D eigenvalue weighted by Crippen LogP contribution is 2.19. The van der Waals surface area contributed by atoms with E-state index >= 15 is 0 Å². The number of amides is 1. The number of sulfone groups is 1. The molecular weight excluding hydrogens is 250 g/mol. The van der Waals surface area contributed by atoms with Gasteiger partial charge in [0, 0.05) is 11.9 Å². The molecule has 0 aliphatic carbocycles. The lowest BCUT2D eigenvalue weighted by atomic mass is 10.0. The Morgan fingerprint density at radius 2 is 2.12 bits per heavy atom. The number of carbonyl (C=O) groups is 1. The third-order valence-electron chi connectivity index (χ3n) is 3.07. The molecule has 4 nitrogen and oxygen atoms in total. The molecule has 1 amide bonds.